The Kier molecular flexibility index (Phi) is 6.05. The smallest absolute Gasteiger partial charge is 0.338 e. The number of hydrogen-bond donors (Lipinski definition) is 2. The van der Waals surface area contributed by atoms with Gasteiger partial charge in [-0.05, 0) is 73.7 Å². The number of esters is 1. The topological polar surface area (TPSA) is 141 Å². The van der Waals surface area contributed by atoms with Crippen LogP contribution < -0.4 is 15.6 Å². The molecule has 0 atom stereocenters. The second kappa shape index (κ2) is 8.96. The number of amides is 2. The second-order valence-electron chi connectivity index (χ2n) is 7.25. The number of nitrogens with one attached hydrogen (secondary N) is 1. The summed E-state index contributed by atoms with van der Waals surface area (Å²) >= 11 is 0. The van der Waals surface area contributed by atoms with E-state index >= 15 is 0 Å². The monoisotopic (exact) mass is 480 g/mol. The maximum Gasteiger partial charge on any atom is 0.338 e. The molecule has 1 fully saturated rings. The molecule has 0 radical (unpaired) electrons. The molecule has 4 rings (SSSR count). The van der Waals surface area contributed by atoms with Gasteiger partial charge in [-0.1, -0.05) is 0 Å². The third-order valence-corrected chi connectivity index (χ3v) is 5.97. The molecule has 1 aliphatic heterocycles. The van der Waals surface area contributed by atoms with Crippen molar-refractivity contribution in [3.05, 3.63) is 83.7 Å². The largest absolute Gasteiger partial charge is 0.462 e. The number of carbonyl (C=O) groups is 3. The third kappa shape index (κ3) is 4.47. The molecule has 34 heavy (non-hydrogen) atoms. The summed E-state index contributed by atoms with van der Waals surface area (Å²) in [5, 5.41) is 6.23. The molecule has 2 heterocycles. The number of hydrogen-bond acceptors (Lipinski definition) is 6. The van der Waals surface area contributed by atoms with Crippen LogP contribution >= 0.6 is 0 Å². The summed E-state index contributed by atoms with van der Waals surface area (Å²) in [6.07, 6.45) is 3.15. The number of nitrogens with zero attached hydrogens (tertiary/aromatic N) is 2. The van der Waals surface area contributed by atoms with E-state index in [0.29, 0.717) is 22.6 Å². The van der Waals surface area contributed by atoms with Gasteiger partial charge in [-0.25, -0.2) is 23.4 Å². The van der Waals surface area contributed by atoms with E-state index in [-0.39, 0.29) is 17.1 Å². The van der Waals surface area contributed by atoms with Crippen molar-refractivity contribution in [3.63, 3.8) is 0 Å². The van der Waals surface area contributed by atoms with Gasteiger partial charge in [0, 0.05) is 17.6 Å². The van der Waals surface area contributed by atoms with Gasteiger partial charge in [0.25, 0.3) is 11.8 Å². The highest BCUT2D eigenvalue weighted by Gasteiger charge is 2.34. The Morgan fingerprint density at radius 2 is 1.68 bits per heavy atom. The molecular weight excluding hydrogens is 460 g/mol. The summed E-state index contributed by atoms with van der Waals surface area (Å²) in [6, 6.07) is 15.4. The highest BCUT2D eigenvalue weighted by molar-refractivity contribution is 7.89. The molecule has 174 valence electrons. The highest BCUT2D eigenvalue weighted by atomic mass is 32.2. The maximum absolute atomic E-state index is 13.0. The average molecular weight is 481 g/mol. The Labute approximate surface area is 195 Å². The van der Waals surface area contributed by atoms with Gasteiger partial charge in [-0.3, -0.25) is 15.0 Å². The summed E-state index contributed by atoms with van der Waals surface area (Å²) in [4.78, 5) is 37.3. The van der Waals surface area contributed by atoms with Crippen LogP contribution in [0.5, 0.6) is 0 Å². The van der Waals surface area contributed by atoms with E-state index in [1.165, 1.54) is 42.5 Å². The molecule has 11 heteroatoms. The molecule has 3 N–H and O–H groups in total. The van der Waals surface area contributed by atoms with Crippen molar-refractivity contribution in [1.82, 2.24) is 9.99 Å². The number of carbonyl (C=O) groups excluding carboxylic acids is 3. The Bertz CT molecular complexity index is 1410. The first-order valence-corrected chi connectivity index (χ1v) is 11.7. The lowest BCUT2D eigenvalue weighted by Gasteiger charge is -2.14. The summed E-state index contributed by atoms with van der Waals surface area (Å²) in [5.41, 5.74) is 4.27. The molecule has 0 saturated carbocycles. The van der Waals surface area contributed by atoms with E-state index in [2.05, 4.69) is 5.43 Å². The van der Waals surface area contributed by atoms with Crippen LogP contribution in [-0.2, 0) is 24.3 Å². The summed E-state index contributed by atoms with van der Waals surface area (Å²) in [6.45, 7) is 1.95. The zero-order valence-electron chi connectivity index (χ0n) is 18.0. The van der Waals surface area contributed by atoms with Gasteiger partial charge in [0.2, 0.25) is 10.0 Å². The number of anilines is 1. The van der Waals surface area contributed by atoms with E-state index in [1.807, 2.05) is 0 Å². The second-order valence-corrected chi connectivity index (χ2v) is 8.81. The molecule has 1 aliphatic rings. The van der Waals surface area contributed by atoms with Crippen molar-refractivity contribution >= 4 is 39.6 Å². The van der Waals surface area contributed by atoms with Gasteiger partial charge in [-0.2, -0.15) is 0 Å². The van der Waals surface area contributed by atoms with Crippen LogP contribution in [0.15, 0.2) is 77.3 Å². The van der Waals surface area contributed by atoms with Crippen LogP contribution in [0.3, 0.4) is 0 Å². The highest BCUT2D eigenvalue weighted by Crippen LogP contribution is 2.24. The normalized spacial score (nSPS) is 15.0. The van der Waals surface area contributed by atoms with Gasteiger partial charge < -0.3 is 9.30 Å². The van der Waals surface area contributed by atoms with Crippen molar-refractivity contribution in [2.45, 2.75) is 11.8 Å². The minimum Gasteiger partial charge on any atom is -0.462 e. The molecule has 0 aliphatic carbocycles. The summed E-state index contributed by atoms with van der Waals surface area (Å²) < 4.78 is 29.6. The maximum atomic E-state index is 13.0. The van der Waals surface area contributed by atoms with Gasteiger partial charge >= 0.3 is 5.97 Å². The third-order valence-electron chi connectivity index (χ3n) is 5.04. The molecule has 10 nitrogen and oxygen atoms in total. The summed E-state index contributed by atoms with van der Waals surface area (Å²) in [7, 11) is -3.82. The van der Waals surface area contributed by atoms with Gasteiger partial charge in [0.15, 0.2) is 0 Å². The standard InChI is InChI=1S/C23H20N4O6S/c1-2-33-23(30)15-5-7-17(8-6-15)27-22(29)20(21(28)25-27)14-18-4-3-13-26(18)16-9-11-19(12-10-16)34(24,31)32/h3-14H,2H2,1H3,(H,25,28)(H2,24,31,32)/b20-14-. The minimum atomic E-state index is -3.82. The zero-order valence-corrected chi connectivity index (χ0v) is 18.8. The van der Waals surface area contributed by atoms with Crippen LogP contribution in [-0.4, -0.2) is 37.4 Å². The van der Waals surface area contributed by atoms with E-state index in [1.54, 1.807) is 42.0 Å². The van der Waals surface area contributed by atoms with E-state index < -0.39 is 27.8 Å². The number of benzene rings is 2. The number of primary sulfonamides is 1. The van der Waals surface area contributed by atoms with Gasteiger partial charge in [0.1, 0.15) is 5.57 Å². The van der Waals surface area contributed by atoms with Crippen molar-refractivity contribution in [1.29, 1.82) is 0 Å². The van der Waals surface area contributed by atoms with Crippen molar-refractivity contribution in [3.8, 4) is 5.69 Å². The quantitative estimate of drug-likeness (QED) is 0.313. The van der Waals surface area contributed by atoms with Crippen LogP contribution in [0.4, 0.5) is 5.69 Å². The van der Waals surface area contributed by atoms with Crippen LogP contribution in [0.25, 0.3) is 11.8 Å². The first-order chi connectivity index (χ1) is 16.2. The SMILES string of the molecule is CCOC(=O)c1ccc(N2NC(=O)/C(=C/c3cccn3-c3ccc(S(N)(=O)=O)cc3)C2=O)cc1. The predicted molar refractivity (Wildman–Crippen MR) is 123 cm³/mol. The fourth-order valence-corrected chi connectivity index (χ4v) is 3.91. The number of ether oxygens (including phenoxy) is 1. The lowest BCUT2D eigenvalue weighted by atomic mass is 10.2. The first kappa shape index (κ1) is 23.0. The molecule has 2 amide bonds. The fraction of sp³-hybridized carbons (Fsp3) is 0.0870. The molecular formula is C23H20N4O6S. The number of hydrazine groups is 1. The van der Waals surface area contributed by atoms with Gasteiger partial charge in [-0.15, -0.1) is 0 Å². The Balaban J connectivity index is 1.60. The zero-order chi connectivity index (χ0) is 24.5. The average Bonchev–Trinajstić information content (AvgIpc) is 3.39. The molecule has 0 unspecified atom stereocenters. The molecule has 0 spiro atoms. The Hall–Kier alpha value is -4.22. The molecule has 0 bridgehead atoms. The number of sulfonamides is 1. The van der Waals surface area contributed by atoms with Gasteiger partial charge in [0.05, 0.1) is 22.8 Å². The minimum absolute atomic E-state index is 0.0294. The molecule has 1 aromatic heterocycles. The summed E-state index contributed by atoms with van der Waals surface area (Å²) in [5.74, 6) is -1.63. The lowest BCUT2D eigenvalue weighted by Crippen LogP contribution is -2.35. The van der Waals surface area contributed by atoms with Crippen molar-refractivity contribution in [2.75, 3.05) is 11.6 Å². The van der Waals surface area contributed by atoms with E-state index in [4.69, 9.17) is 9.88 Å². The fourth-order valence-electron chi connectivity index (χ4n) is 3.39. The molecule has 1 saturated heterocycles. The predicted octanol–water partition coefficient (Wildman–Crippen LogP) is 1.76. The number of rotatable bonds is 6. The number of nitrogens with two attached hydrogens (primary N) is 1. The first-order valence-electron chi connectivity index (χ1n) is 10.1. The van der Waals surface area contributed by atoms with Crippen molar-refractivity contribution < 1.29 is 27.5 Å². The molecule has 3 aromatic rings. The Morgan fingerprint density at radius 3 is 2.29 bits per heavy atom. The molecule has 2 aromatic carbocycles. The van der Waals surface area contributed by atoms with E-state index in [9.17, 15) is 22.8 Å². The number of aromatic nitrogens is 1. The van der Waals surface area contributed by atoms with E-state index in [0.717, 1.165) is 5.01 Å². The van der Waals surface area contributed by atoms with Crippen molar-refractivity contribution in [2.24, 2.45) is 5.14 Å². The van der Waals surface area contributed by atoms with Crippen LogP contribution in [0, 0.1) is 0 Å². The van der Waals surface area contributed by atoms with Crippen LogP contribution in [0.1, 0.15) is 23.0 Å². The van der Waals surface area contributed by atoms with Crippen LogP contribution in [0.2, 0.25) is 0 Å². The lowest BCUT2D eigenvalue weighted by molar-refractivity contribution is -0.117. The Morgan fingerprint density at radius 1 is 1.03 bits per heavy atom.